The zero-order valence-corrected chi connectivity index (χ0v) is 17.6. The van der Waals surface area contributed by atoms with Crippen LogP contribution in [-0.4, -0.2) is 71.5 Å². The summed E-state index contributed by atoms with van der Waals surface area (Å²) in [6, 6.07) is 12.6. The maximum Gasteiger partial charge on any atom is 0.271 e. The van der Waals surface area contributed by atoms with Gasteiger partial charge in [-0.15, -0.1) is 0 Å². The predicted octanol–water partition coefficient (Wildman–Crippen LogP) is 1.91. The van der Waals surface area contributed by atoms with Gasteiger partial charge in [0.25, 0.3) is 11.6 Å². The fourth-order valence-electron chi connectivity index (χ4n) is 3.78. The quantitative estimate of drug-likeness (QED) is 0.558. The van der Waals surface area contributed by atoms with Crippen molar-refractivity contribution < 1.29 is 24.0 Å². The van der Waals surface area contributed by atoms with Crippen LogP contribution in [-0.2, 0) is 9.59 Å². The van der Waals surface area contributed by atoms with Crippen LogP contribution >= 0.6 is 0 Å². The number of carbonyl (C=O) groups excluding carboxylic acids is 2. The molecule has 2 unspecified atom stereocenters. The summed E-state index contributed by atoms with van der Waals surface area (Å²) in [6.45, 7) is 3.93. The van der Waals surface area contributed by atoms with Crippen molar-refractivity contribution >= 4 is 23.2 Å². The number of anilines is 1. The highest BCUT2D eigenvalue weighted by molar-refractivity contribution is 5.94. The lowest BCUT2D eigenvalue weighted by atomic mass is 10.2. The SMILES string of the molecule is CC(C(=O)Nc1cccc([N+](=O)[O-])c1)N1CCN(C(=O)C2COc3ccccc3O2)CC1. The minimum absolute atomic E-state index is 0.0842. The van der Waals surface area contributed by atoms with E-state index in [1.807, 2.05) is 17.0 Å². The van der Waals surface area contributed by atoms with Gasteiger partial charge in [-0.3, -0.25) is 24.6 Å². The molecule has 2 heterocycles. The zero-order valence-electron chi connectivity index (χ0n) is 17.6. The molecule has 1 N–H and O–H groups in total. The molecule has 2 atom stereocenters. The fraction of sp³-hybridized carbons (Fsp3) is 0.364. The first-order chi connectivity index (χ1) is 15.4. The number of hydrogen-bond acceptors (Lipinski definition) is 7. The number of carbonyl (C=O) groups is 2. The van der Waals surface area contributed by atoms with Crippen LogP contribution in [0.15, 0.2) is 48.5 Å². The third kappa shape index (κ3) is 4.65. The van der Waals surface area contributed by atoms with Gasteiger partial charge in [-0.1, -0.05) is 18.2 Å². The van der Waals surface area contributed by atoms with E-state index in [0.29, 0.717) is 43.4 Å². The maximum atomic E-state index is 12.9. The molecule has 1 saturated heterocycles. The predicted molar refractivity (Wildman–Crippen MR) is 116 cm³/mol. The molecule has 1 fully saturated rings. The highest BCUT2D eigenvalue weighted by Crippen LogP contribution is 2.31. The average molecular weight is 440 g/mol. The topological polar surface area (TPSA) is 114 Å². The van der Waals surface area contributed by atoms with Gasteiger partial charge in [-0.05, 0) is 25.1 Å². The molecule has 2 aromatic rings. The molecular formula is C22H24N4O6. The number of fused-ring (bicyclic) bond motifs is 1. The summed E-state index contributed by atoms with van der Waals surface area (Å²) >= 11 is 0. The Balaban J connectivity index is 1.29. The molecule has 2 amide bonds. The Bertz CT molecular complexity index is 1020. The van der Waals surface area contributed by atoms with Gasteiger partial charge in [0.15, 0.2) is 11.5 Å². The molecule has 2 aromatic carbocycles. The number of para-hydroxylation sites is 2. The molecular weight excluding hydrogens is 416 g/mol. The Morgan fingerprint density at radius 2 is 1.81 bits per heavy atom. The molecule has 0 saturated carbocycles. The second kappa shape index (κ2) is 9.23. The third-order valence-corrected chi connectivity index (χ3v) is 5.66. The van der Waals surface area contributed by atoms with E-state index in [-0.39, 0.29) is 24.1 Å². The van der Waals surface area contributed by atoms with E-state index in [2.05, 4.69) is 5.32 Å². The van der Waals surface area contributed by atoms with Crippen molar-refractivity contribution in [3.63, 3.8) is 0 Å². The Morgan fingerprint density at radius 3 is 2.53 bits per heavy atom. The van der Waals surface area contributed by atoms with Gasteiger partial charge >= 0.3 is 0 Å². The van der Waals surface area contributed by atoms with Crippen LogP contribution < -0.4 is 14.8 Å². The van der Waals surface area contributed by atoms with Crippen LogP contribution in [0.4, 0.5) is 11.4 Å². The van der Waals surface area contributed by atoms with Gasteiger partial charge in [-0.2, -0.15) is 0 Å². The lowest BCUT2D eigenvalue weighted by molar-refractivity contribution is -0.384. The zero-order chi connectivity index (χ0) is 22.7. The first kappa shape index (κ1) is 21.6. The molecule has 10 heteroatoms. The van der Waals surface area contributed by atoms with Crippen molar-refractivity contribution in [2.24, 2.45) is 0 Å². The van der Waals surface area contributed by atoms with Gasteiger partial charge in [0.05, 0.1) is 11.0 Å². The summed E-state index contributed by atoms with van der Waals surface area (Å²) in [5.41, 5.74) is 0.290. The number of hydrogen-bond donors (Lipinski definition) is 1. The summed E-state index contributed by atoms with van der Waals surface area (Å²) in [5, 5.41) is 13.6. The van der Waals surface area contributed by atoms with Crippen molar-refractivity contribution in [1.82, 2.24) is 9.80 Å². The summed E-state index contributed by atoms with van der Waals surface area (Å²) in [5.74, 6) is 0.797. The van der Waals surface area contributed by atoms with Crippen molar-refractivity contribution in [2.75, 3.05) is 38.1 Å². The van der Waals surface area contributed by atoms with E-state index in [1.165, 1.54) is 18.2 Å². The molecule has 2 aliphatic rings. The maximum absolute atomic E-state index is 12.9. The molecule has 4 rings (SSSR count). The summed E-state index contributed by atoms with van der Waals surface area (Å²) in [6.07, 6.45) is -0.689. The second-order valence-corrected chi connectivity index (χ2v) is 7.70. The number of rotatable bonds is 5. The number of amides is 2. The number of benzene rings is 2. The summed E-state index contributed by atoms with van der Waals surface area (Å²) in [4.78, 5) is 39.6. The van der Waals surface area contributed by atoms with Crippen LogP contribution in [0.1, 0.15) is 6.92 Å². The molecule has 0 spiro atoms. The van der Waals surface area contributed by atoms with Crippen LogP contribution in [0, 0.1) is 10.1 Å². The first-order valence-corrected chi connectivity index (χ1v) is 10.4. The molecule has 0 radical (unpaired) electrons. The minimum atomic E-state index is -0.689. The number of nitro benzene ring substituents is 1. The minimum Gasteiger partial charge on any atom is -0.485 e. The second-order valence-electron chi connectivity index (χ2n) is 7.70. The Kier molecular flexibility index (Phi) is 6.22. The number of non-ortho nitro benzene ring substituents is 1. The van der Waals surface area contributed by atoms with E-state index >= 15 is 0 Å². The van der Waals surface area contributed by atoms with E-state index < -0.39 is 17.1 Å². The van der Waals surface area contributed by atoms with E-state index in [1.54, 1.807) is 30.0 Å². The first-order valence-electron chi connectivity index (χ1n) is 10.4. The highest BCUT2D eigenvalue weighted by atomic mass is 16.6. The Morgan fingerprint density at radius 1 is 1.09 bits per heavy atom. The number of nitrogens with one attached hydrogen (secondary N) is 1. The molecule has 2 aliphatic heterocycles. The summed E-state index contributed by atoms with van der Waals surface area (Å²) in [7, 11) is 0. The van der Waals surface area contributed by atoms with Gasteiger partial charge in [-0.25, -0.2) is 0 Å². The third-order valence-electron chi connectivity index (χ3n) is 5.66. The number of ether oxygens (including phenoxy) is 2. The average Bonchev–Trinajstić information content (AvgIpc) is 2.83. The van der Waals surface area contributed by atoms with Crippen molar-refractivity contribution in [1.29, 1.82) is 0 Å². The lowest BCUT2D eigenvalue weighted by Gasteiger charge is -2.39. The molecule has 168 valence electrons. The molecule has 0 bridgehead atoms. The smallest absolute Gasteiger partial charge is 0.271 e. The molecule has 0 aromatic heterocycles. The largest absolute Gasteiger partial charge is 0.485 e. The highest BCUT2D eigenvalue weighted by Gasteiger charge is 2.34. The van der Waals surface area contributed by atoms with E-state index in [0.717, 1.165) is 0 Å². The standard InChI is InChI=1S/C22H24N4O6/c1-15(21(27)23-16-5-4-6-17(13-16)26(29)30)24-9-11-25(12-10-24)22(28)20-14-31-18-7-2-3-8-19(18)32-20/h2-8,13,15,20H,9-12,14H2,1H3,(H,23,27). The number of piperazine rings is 1. The molecule has 0 aliphatic carbocycles. The van der Waals surface area contributed by atoms with Gasteiger partial charge in [0.1, 0.15) is 6.61 Å². The van der Waals surface area contributed by atoms with Gasteiger partial charge in [0.2, 0.25) is 12.0 Å². The van der Waals surface area contributed by atoms with Gasteiger partial charge < -0.3 is 19.7 Å². The van der Waals surface area contributed by atoms with Crippen LogP contribution in [0.3, 0.4) is 0 Å². The summed E-state index contributed by atoms with van der Waals surface area (Å²) < 4.78 is 11.5. The number of nitrogens with zero attached hydrogens (tertiary/aromatic N) is 3. The van der Waals surface area contributed by atoms with Gasteiger partial charge in [0, 0.05) is 44.0 Å². The normalized spacial score (nSPS) is 19.2. The Hall–Kier alpha value is -3.66. The lowest BCUT2D eigenvalue weighted by Crippen LogP contribution is -2.57. The fourth-order valence-corrected chi connectivity index (χ4v) is 3.78. The number of nitro groups is 1. The van der Waals surface area contributed by atoms with Crippen molar-refractivity contribution in [3.05, 3.63) is 58.6 Å². The van der Waals surface area contributed by atoms with E-state index in [4.69, 9.17) is 9.47 Å². The van der Waals surface area contributed by atoms with Crippen LogP contribution in [0.25, 0.3) is 0 Å². The van der Waals surface area contributed by atoms with Crippen LogP contribution in [0.5, 0.6) is 11.5 Å². The molecule has 32 heavy (non-hydrogen) atoms. The Labute approximate surface area is 184 Å². The molecule has 10 nitrogen and oxygen atoms in total. The van der Waals surface area contributed by atoms with Crippen LogP contribution in [0.2, 0.25) is 0 Å². The van der Waals surface area contributed by atoms with Crippen molar-refractivity contribution in [2.45, 2.75) is 19.1 Å². The monoisotopic (exact) mass is 440 g/mol. The van der Waals surface area contributed by atoms with Crippen molar-refractivity contribution in [3.8, 4) is 11.5 Å². The van der Waals surface area contributed by atoms with E-state index in [9.17, 15) is 19.7 Å².